The molecule has 3 aromatic rings. The van der Waals surface area contributed by atoms with E-state index in [0.717, 1.165) is 11.0 Å². The number of nitrogens with zero attached hydrogens (tertiary/aromatic N) is 4. The molecule has 1 fully saturated rings. The largest absolute Gasteiger partial charge is 0.348 e. The van der Waals surface area contributed by atoms with Crippen LogP contribution in [0.25, 0.3) is 11.0 Å². The number of amides is 1. The second-order valence-electron chi connectivity index (χ2n) is 7.67. The fraction of sp³-hybridized carbons (Fsp3) is 0.348. The maximum atomic E-state index is 12.8. The van der Waals surface area contributed by atoms with Crippen LogP contribution in [0.1, 0.15) is 24.8 Å². The minimum Gasteiger partial charge on any atom is -0.348 e. The molecule has 0 radical (unpaired) electrons. The van der Waals surface area contributed by atoms with Crippen molar-refractivity contribution in [2.24, 2.45) is 7.05 Å². The Hall–Kier alpha value is -3.15. The number of hydrogen-bond acceptors (Lipinski definition) is 4. The van der Waals surface area contributed by atoms with E-state index in [4.69, 9.17) is 0 Å². The lowest BCUT2D eigenvalue weighted by Gasteiger charge is -2.35. The average Bonchev–Trinajstić information content (AvgIpc) is 2.77. The van der Waals surface area contributed by atoms with E-state index in [9.17, 15) is 9.59 Å². The number of hydrogen-bond donors (Lipinski definition) is 0. The van der Waals surface area contributed by atoms with E-state index in [0.29, 0.717) is 38.4 Å². The zero-order valence-electron chi connectivity index (χ0n) is 16.9. The third kappa shape index (κ3) is 3.88. The molecule has 0 bridgehead atoms. The fourth-order valence-corrected chi connectivity index (χ4v) is 3.93. The summed E-state index contributed by atoms with van der Waals surface area (Å²) < 4.78 is 1.65. The molecular weight excluding hydrogens is 364 g/mol. The molecule has 150 valence electrons. The molecule has 6 heteroatoms. The smallest absolute Gasteiger partial charge is 0.293 e. The average molecular weight is 390 g/mol. The summed E-state index contributed by atoms with van der Waals surface area (Å²) in [6, 6.07) is 17.8. The van der Waals surface area contributed by atoms with Crippen LogP contribution in [0.15, 0.2) is 59.4 Å². The minimum absolute atomic E-state index is 0.0961. The Kier molecular flexibility index (Phi) is 5.34. The molecule has 4 rings (SSSR count). The van der Waals surface area contributed by atoms with Gasteiger partial charge in [-0.1, -0.05) is 49.4 Å². The van der Waals surface area contributed by atoms with Gasteiger partial charge in [0.25, 0.3) is 5.56 Å². The monoisotopic (exact) mass is 390 g/mol. The van der Waals surface area contributed by atoms with E-state index in [1.807, 2.05) is 52.3 Å². The van der Waals surface area contributed by atoms with Gasteiger partial charge in [-0.25, -0.2) is 4.98 Å². The highest BCUT2D eigenvalue weighted by Gasteiger charge is 2.25. The van der Waals surface area contributed by atoms with Crippen molar-refractivity contribution in [3.05, 3.63) is 70.5 Å². The molecular formula is C23H26N4O2. The first kappa shape index (κ1) is 19.2. The SMILES string of the molecule is CC(CC(=O)N1CCN(c2nc3ccccc3n(C)c2=O)CC1)c1ccccc1. The number of aryl methyl sites for hydroxylation is 1. The molecule has 6 nitrogen and oxygen atoms in total. The maximum absolute atomic E-state index is 12.8. The van der Waals surface area contributed by atoms with Gasteiger partial charge < -0.3 is 14.4 Å². The summed E-state index contributed by atoms with van der Waals surface area (Å²) in [5, 5.41) is 0. The van der Waals surface area contributed by atoms with Gasteiger partial charge in [0.2, 0.25) is 5.91 Å². The number of benzene rings is 2. The minimum atomic E-state index is -0.0961. The predicted molar refractivity (Wildman–Crippen MR) is 115 cm³/mol. The van der Waals surface area contributed by atoms with Crippen molar-refractivity contribution in [1.29, 1.82) is 0 Å². The highest BCUT2D eigenvalue weighted by Crippen LogP contribution is 2.21. The quantitative estimate of drug-likeness (QED) is 0.687. The highest BCUT2D eigenvalue weighted by atomic mass is 16.2. The fourth-order valence-electron chi connectivity index (χ4n) is 3.93. The first-order valence-corrected chi connectivity index (χ1v) is 10.1. The summed E-state index contributed by atoms with van der Waals surface area (Å²) in [5.74, 6) is 0.826. The first-order chi connectivity index (χ1) is 14.0. The molecule has 1 unspecified atom stereocenters. The Morgan fingerprint density at radius 1 is 1.00 bits per heavy atom. The van der Waals surface area contributed by atoms with Crippen LogP contribution in [0.3, 0.4) is 0 Å². The lowest BCUT2D eigenvalue weighted by atomic mass is 9.97. The van der Waals surface area contributed by atoms with Gasteiger partial charge >= 0.3 is 0 Å². The number of carbonyl (C=O) groups is 1. The van der Waals surface area contributed by atoms with Crippen LogP contribution in [0.5, 0.6) is 0 Å². The van der Waals surface area contributed by atoms with Gasteiger partial charge in [0.05, 0.1) is 11.0 Å². The second kappa shape index (κ2) is 8.07. The molecule has 0 aliphatic carbocycles. The molecule has 1 atom stereocenters. The highest BCUT2D eigenvalue weighted by molar-refractivity contribution is 5.78. The molecule has 1 aliphatic heterocycles. The second-order valence-corrected chi connectivity index (χ2v) is 7.67. The van der Waals surface area contributed by atoms with Gasteiger partial charge in [-0.3, -0.25) is 9.59 Å². The van der Waals surface area contributed by atoms with Crippen LogP contribution < -0.4 is 10.5 Å². The molecule has 2 aromatic carbocycles. The number of anilines is 1. The van der Waals surface area contributed by atoms with Gasteiger partial charge in [-0.15, -0.1) is 0 Å². The molecule has 2 heterocycles. The number of aromatic nitrogens is 2. The van der Waals surface area contributed by atoms with Crippen molar-refractivity contribution < 1.29 is 4.79 Å². The van der Waals surface area contributed by atoms with Gasteiger partial charge in [0, 0.05) is 39.6 Å². The normalized spacial score (nSPS) is 15.5. The molecule has 29 heavy (non-hydrogen) atoms. The number of para-hydroxylation sites is 2. The molecule has 0 spiro atoms. The van der Waals surface area contributed by atoms with Gasteiger partial charge in [-0.2, -0.15) is 0 Å². The molecule has 1 saturated heterocycles. The Morgan fingerprint density at radius 3 is 2.38 bits per heavy atom. The van der Waals surface area contributed by atoms with Crippen LogP contribution in [0.4, 0.5) is 5.82 Å². The van der Waals surface area contributed by atoms with Crippen molar-refractivity contribution in [3.63, 3.8) is 0 Å². The zero-order valence-corrected chi connectivity index (χ0v) is 16.9. The van der Waals surface area contributed by atoms with Gasteiger partial charge in [0.15, 0.2) is 5.82 Å². The zero-order chi connectivity index (χ0) is 20.4. The van der Waals surface area contributed by atoms with Crippen LogP contribution in [-0.2, 0) is 11.8 Å². The van der Waals surface area contributed by atoms with Crippen molar-refractivity contribution in [2.75, 3.05) is 31.1 Å². The molecule has 0 saturated carbocycles. The summed E-state index contributed by atoms with van der Waals surface area (Å²) in [7, 11) is 1.78. The summed E-state index contributed by atoms with van der Waals surface area (Å²) in [6.45, 7) is 4.54. The Labute approximate surface area is 170 Å². The number of rotatable bonds is 4. The topological polar surface area (TPSA) is 58.4 Å². The van der Waals surface area contributed by atoms with Crippen molar-refractivity contribution >= 4 is 22.8 Å². The first-order valence-electron chi connectivity index (χ1n) is 10.1. The van der Waals surface area contributed by atoms with Gasteiger partial charge in [-0.05, 0) is 23.6 Å². The maximum Gasteiger partial charge on any atom is 0.293 e. The third-order valence-electron chi connectivity index (χ3n) is 5.75. The Bertz CT molecular complexity index is 1070. The number of piperazine rings is 1. The summed E-state index contributed by atoms with van der Waals surface area (Å²) in [6.07, 6.45) is 0.500. The van der Waals surface area contributed by atoms with Crippen LogP contribution in [0.2, 0.25) is 0 Å². The van der Waals surface area contributed by atoms with Crippen molar-refractivity contribution in [2.45, 2.75) is 19.3 Å². The summed E-state index contributed by atoms with van der Waals surface area (Å²) >= 11 is 0. The summed E-state index contributed by atoms with van der Waals surface area (Å²) in [5.41, 5.74) is 2.72. The van der Waals surface area contributed by atoms with Gasteiger partial charge in [0.1, 0.15) is 0 Å². The van der Waals surface area contributed by atoms with E-state index in [2.05, 4.69) is 24.0 Å². The van der Waals surface area contributed by atoms with E-state index < -0.39 is 0 Å². The van der Waals surface area contributed by atoms with E-state index in [1.54, 1.807) is 11.6 Å². The third-order valence-corrected chi connectivity index (χ3v) is 5.75. The van der Waals surface area contributed by atoms with E-state index >= 15 is 0 Å². The van der Waals surface area contributed by atoms with Crippen LogP contribution in [-0.4, -0.2) is 46.5 Å². The number of carbonyl (C=O) groups excluding carboxylic acids is 1. The Balaban J connectivity index is 1.43. The summed E-state index contributed by atoms with van der Waals surface area (Å²) in [4.78, 5) is 34.0. The molecule has 1 amide bonds. The van der Waals surface area contributed by atoms with E-state index in [-0.39, 0.29) is 17.4 Å². The van der Waals surface area contributed by atoms with Crippen molar-refractivity contribution in [1.82, 2.24) is 14.5 Å². The van der Waals surface area contributed by atoms with E-state index in [1.165, 1.54) is 5.56 Å². The lowest BCUT2D eigenvalue weighted by Crippen LogP contribution is -2.50. The molecule has 1 aromatic heterocycles. The lowest BCUT2D eigenvalue weighted by molar-refractivity contribution is -0.131. The van der Waals surface area contributed by atoms with Crippen LogP contribution >= 0.6 is 0 Å². The predicted octanol–water partition coefficient (Wildman–Crippen LogP) is 2.78. The number of fused-ring (bicyclic) bond motifs is 1. The molecule has 0 N–H and O–H groups in total. The van der Waals surface area contributed by atoms with Crippen LogP contribution in [0, 0.1) is 0 Å². The molecule has 1 aliphatic rings. The van der Waals surface area contributed by atoms with Crippen molar-refractivity contribution in [3.8, 4) is 0 Å². The Morgan fingerprint density at radius 2 is 1.66 bits per heavy atom. The standard InChI is InChI=1S/C23H26N4O2/c1-17(18-8-4-3-5-9-18)16-21(28)26-12-14-27(15-13-26)22-23(29)25(2)20-11-7-6-10-19(20)24-22/h3-11,17H,12-16H2,1-2H3.